The number of sulfone groups is 1. The first kappa shape index (κ1) is 33.6. The molecule has 230 valence electrons. The van der Waals surface area contributed by atoms with Crippen molar-refractivity contribution in [3.8, 4) is 6.07 Å². The minimum Gasteiger partial charge on any atom is -0.392 e. The summed E-state index contributed by atoms with van der Waals surface area (Å²) in [6, 6.07) is 17.4. The second-order valence-electron chi connectivity index (χ2n) is 10.5. The topological polar surface area (TPSA) is 184 Å². The van der Waals surface area contributed by atoms with Crippen molar-refractivity contribution in [2.24, 2.45) is 10.2 Å². The maximum atomic E-state index is 13.0. The first-order chi connectivity index (χ1) is 20.4. The van der Waals surface area contributed by atoms with Crippen molar-refractivity contribution in [2.45, 2.75) is 50.9 Å². The molecule has 0 aliphatic carbocycles. The minimum atomic E-state index is -3.64. The average molecular weight is 610 g/mol. The van der Waals surface area contributed by atoms with Gasteiger partial charge < -0.3 is 26.0 Å². The number of para-hydroxylation sites is 1. The number of aliphatic hydroxyl groups is 3. The number of nitrogens with one attached hydrogen (secondary N) is 2. The second-order valence-corrected chi connectivity index (χ2v) is 12.6. The molecule has 5 N–H and O–H groups in total. The molecule has 3 unspecified atom stereocenters. The number of azo groups is 1. The molecular formula is C30H39N7O5S. The van der Waals surface area contributed by atoms with Crippen LogP contribution in [0.1, 0.15) is 31.9 Å². The number of pyridine rings is 1. The number of nitrogens with zero attached hydrogens (tertiary/aromatic N) is 5. The van der Waals surface area contributed by atoms with Crippen molar-refractivity contribution >= 4 is 38.5 Å². The van der Waals surface area contributed by atoms with E-state index in [1.807, 2.05) is 30.3 Å². The van der Waals surface area contributed by atoms with E-state index < -0.39 is 28.1 Å². The van der Waals surface area contributed by atoms with E-state index in [0.29, 0.717) is 28.6 Å². The lowest BCUT2D eigenvalue weighted by atomic mass is 10.1. The fourth-order valence-corrected chi connectivity index (χ4v) is 5.55. The van der Waals surface area contributed by atoms with Gasteiger partial charge in [-0.2, -0.15) is 10.4 Å². The Morgan fingerprint density at radius 1 is 0.930 bits per heavy atom. The molecule has 43 heavy (non-hydrogen) atoms. The molecule has 0 aliphatic heterocycles. The third-order valence-electron chi connectivity index (χ3n) is 6.31. The molecule has 3 atom stereocenters. The molecule has 0 fully saturated rings. The molecule has 1 aromatic heterocycles. The Hall–Kier alpha value is -3.93. The largest absolute Gasteiger partial charge is 0.392 e. The van der Waals surface area contributed by atoms with E-state index in [0.717, 1.165) is 5.69 Å². The van der Waals surface area contributed by atoms with Crippen LogP contribution in [0, 0.1) is 18.3 Å². The van der Waals surface area contributed by atoms with Gasteiger partial charge in [-0.25, -0.2) is 13.4 Å². The quantitative estimate of drug-likeness (QED) is 0.158. The lowest BCUT2D eigenvalue weighted by Crippen LogP contribution is -2.39. The van der Waals surface area contributed by atoms with Crippen molar-refractivity contribution in [3.05, 3.63) is 65.7 Å². The Morgan fingerprint density at radius 3 is 2.12 bits per heavy atom. The normalized spacial score (nSPS) is 13.9. The van der Waals surface area contributed by atoms with E-state index in [1.165, 1.54) is 24.3 Å². The summed E-state index contributed by atoms with van der Waals surface area (Å²) in [6.45, 7) is 7.41. The lowest BCUT2D eigenvalue weighted by molar-refractivity contribution is 0.0873. The van der Waals surface area contributed by atoms with Crippen LogP contribution >= 0.6 is 0 Å². The molecule has 0 saturated heterocycles. The number of hydrogen-bond donors (Lipinski definition) is 5. The Labute approximate surface area is 252 Å². The number of benzene rings is 2. The van der Waals surface area contributed by atoms with E-state index in [-0.39, 0.29) is 42.4 Å². The van der Waals surface area contributed by atoms with Gasteiger partial charge in [-0.15, -0.1) is 5.11 Å². The first-order valence-corrected chi connectivity index (χ1v) is 15.6. The van der Waals surface area contributed by atoms with Crippen LogP contribution in [0.3, 0.4) is 0 Å². The van der Waals surface area contributed by atoms with Gasteiger partial charge in [-0.05, 0) is 64.1 Å². The third-order valence-corrected chi connectivity index (χ3v) is 8.02. The molecule has 3 rings (SSSR count). The Bertz CT molecular complexity index is 1510. The molecule has 12 nitrogen and oxygen atoms in total. The second kappa shape index (κ2) is 15.5. The first-order valence-electron chi connectivity index (χ1n) is 13.9. The summed E-state index contributed by atoms with van der Waals surface area (Å²) >= 11 is 0. The van der Waals surface area contributed by atoms with E-state index in [4.69, 9.17) is 0 Å². The lowest BCUT2D eigenvalue weighted by Gasteiger charge is -2.24. The fraction of sp³-hybridized carbons (Fsp3) is 0.400. The maximum absolute atomic E-state index is 13.0. The molecular weight excluding hydrogens is 570 g/mol. The Balaban J connectivity index is 1.85. The fourth-order valence-electron chi connectivity index (χ4n) is 4.27. The molecule has 0 radical (unpaired) electrons. The van der Waals surface area contributed by atoms with E-state index in [2.05, 4.69) is 31.9 Å². The van der Waals surface area contributed by atoms with Crippen LogP contribution in [0.4, 0.5) is 28.7 Å². The molecule has 0 aliphatic rings. The van der Waals surface area contributed by atoms with Gasteiger partial charge in [-0.3, -0.25) is 4.90 Å². The smallest absolute Gasteiger partial charge is 0.179 e. The van der Waals surface area contributed by atoms with Gasteiger partial charge in [-0.1, -0.05) is 18.2 Å². The van der Waals surface area contributed by atoms with Crippen LogP contribution < -0.4 is 10.6 Å². The third kappa shape index (κ3) is 10.1. The van der Waals surface area contributed by atoms with Crippen molar-refractivity contribution in [1.82, 2.24) is 9.88 Å². The predicted octanol–water partition coefficient (Wildman–Crippen LogP) is 4.05. The number of nitriles is 1. The summed E-state index contributed by atoms with van der Waals surface area (Å²) < 4.78 is 25.9. The van der Waals surface area contributed by atoms with E-state index in [9.17, 15) is 29.0 Å². The maximum Gasteiger partial charge on any atom is 0.179 e. The summed E-state index contributed by atoms with van der Waals surface area (Å²) in [6.07, 6.45) is -1.99. The molecule has 1 heterocycles. The minimum absolute atomic E-state index is 0.112. The van der Waals surface area contributed by atoms with Crippen molar-refractivity contribution in [2.75, 3.05) is 42.6 Å². The highest BCUT2D eigenvalue weighted by molar-refractivity contribution is 7.91. The van der Waals surface area contributed by atoms with Crippen molar-refractivity contribution in [1.29, 1.82) is 5.26 Å². The highest BCUT2D eigenvalue weighted by atomic mass is 32.2. The summed E-state index contributed by atoms with van der Waals surface area (Å²) in [5, 5.41) is 54.0. The molecule has 0 bridgehead atoms. The van der Waals surface area contributed by atoms with Gasteiger partial charge >= 0.3 is 0 Å². The Kier molecular flexibility index (Phi) is 12.1. The van der Waals surface area contributed by atoms with E-state index >= 15 is 0 Å². The molecule has 0 spiro atoms. The molecule has 13 heteroatoms. The van der Waals surface area contributed by atoms with Gasteiger partial charge in [0, 0.05) is 37.4 Å². The van der Waals surface area contributed by atoms with Crippen LogP contribution in [0.2, 0.25) is 0 Å². The van der Waals surface area contributed by atoms with Crippen LogP contribution in [0.25, 0.3) is 0 Å². The van der Waals surface area contributed by atoms with Crippen LogP contribution in [0.15, 0.2) is 69.7 Å². The van der Waals surface area contributed by atoms with Crippen LogP contribution in [-0.4, -0.2) is 83.9 Å². The van der Waals surface area contributed by atoms with Gasteiger partial charge in [0.15, 0.2) is 21.5 Å². The van der Waals surface area contributed by atoms with Gasteiger partial charge in [0.1, 0.15) is 11.8 Å². The SMILES string of the molecule is Cc1c(C#N)c(Nc2ccccc2)nc(NCC(C)O)c1/N=N/c1ccc(S(=O)(=O)CCN(CC(C)O)CC(C)O)cc1. The van der Waals surface area contributed by atoms with Crippen molar-refractivity contribution in [3.63, 3.8) is 0 Å². The Morgan fingerprint density at radius 2 is 1.56 bits per heavy atom. The summed E-state index contributed by atoms with van der Waals surface area (Å²) in [5.41, 5.74) is 2.24. The molecule has 0 saturated carbocycles. The molecule has 3 aromatic rings. The van der Waals surface area contributed by atoms with Crippen LogP contribution in [0.5, 0.6) is 0 Å². The summed E-state index contributed by atoms with van der Waals surface area (Å²) in [5.74, 6) is 0.461. The van der Waals surface area contributed by atoms with Crippen LogP contribution in [-0.2, 0) is 9.84 Å². The zero-order valence-corrected chi connectivity index (χ0v) is 25.6. The number of hydrogen-bond acceptors (Lipinski definition) is 12. The highest BCUT2D eigenvalue weighted by Crippen LogP contribution is 2.36. The van der Waals surface area contributed by atoms with Crippen molar-refractivity contribution < 1.29 is 23.7 Å². The van der Waals surface area contributed by atoms with Gasteiger partial charge in [0.05, 0.1) is 40.2 Å². The monoisotopic (exact) mass is 609 g/mol. The predicted molar refractivity (Wildman–Crippen MR) is 166 cm³/mol. The summed E-state index contributed by atoms with van der Waals surface area (Å²) in [7, 11) is -3.64. The zero-order chi connectivity index (χ0) is 31.6. The zero-order valence-electron chi connectivity index (χ0n) is 24.8. The molecule has 0 amide bonds. The molecule has 2 aromatic carbocycles. The number of aromatic nitrogens is 1. The number of aliphatic hydroxyl groups excluding tert-OH is 3. The van der Waals surface area contributed by atoms with Gasteiger partial charge in [0.2, 0.25) is 0 Å². The van der Waals surface area contributed by atoms with E-state index in [1.54, 1.807) is 32.6 Å². The standard InChI is InChI=1S/C30H39N7O5S/c1-20(38)17-32-30-28(23(4)27(16-31)29(34-30)33-24-8-6-5-7-9-24)36-35-25-10-12-26(13-11-25)43(41,42)15-14-37(18-21(2)39)19-22(3)40/h5-13,20-22,38-40H,14-15,17-19H2,1-4H3,(H2,32,33,34)/b36-35+. The number of rotatable bonds is 15. The average Bonchev–Trinajstić information content (AvgIpc) is 2.95. The summed E-state index contributed by atoms with van der Waals surface area (Å²) in [4.78, 5) is 6.40. The highest BCUT2D eigenvalue weighted by Gasteiger charge is 2.20. The number of anilines is 3. The van der Waals surface area contributed by atoms with Gasteiger partial charge in [0.25, 0.3) is 0 Å².